The summed E-state index contributed by atoms with van der Waals surface area (Å²) in [7, 11) is 1.72. The van der Waals surface area contributed by atoms with Gasteiger partial charge < -0.3 is 10.0 Å². The number of hydrogen-bond acceptors (Lipinski definition) is 2. The van der Waals surface area contributed by atoms with Gasteiger partial charge in [0.05, 0.1) is 12.2 Å². The number of amides is 1. The van der Waals surface area contributed by atoms with Crippen LogP contribution in [-0.2, 0) is 0 Å². The van der Waals surface area contributed by atoms with Gasteiger partial charge in [-0.25, -0.2) is 4.39 Å². The maximum Gasteiger partial charge on any atom is 0.256 e. The first-order valence-electron chi connectivity index (χ1n) is 7.26. The lowest BCUT2D eigenvalue weighted by molar-refractivity contribution is 0.0740. The monoisotopic (exact) mass is 289 g/mol. The number of benzene rings is 1. The zero-order chi connectivity index (χ0) is 15.2. The van der Waals surface area contributed by atoms with Crippen LogP contribution >= 0.6 is 0 Å². The lowest BCUT2D eigenvalue weighted by atomic mass is 9.85. The molecule has 1 amide bonds. The summed E-state index contributed by atoms with van der Waals surface area (Å²) in [6, 6.07) is 4.39. The fraction of sp³-hybridized carbons (Fsp3) is 0.471. The molecule has 1 aliphatic rings. The molecule has 21 heavy (non-hydrogen) atoms. The molecular formula is C17H20FNO2. The van der Waals surface area contributed by atoms with E-state index >= 15 is 0 Å². The van der Waals surface area contributed by atoms with Gasteiger partial charge >= 0.3 is 0 Å². The molecule has 0 aromatic heterocycles. The maximum absolute atomic E-state index is 14.0. The molecule has 0 radical (unpaired) electrons. The van der Waals surface area contributed by atoms with Gasteiger partial charge in [0.15, 0.2) is 0 Å². The van der Waals surface area contributed by atoms with Gasteiger partial charge in [-0.1, -0.05) is 18.3 Å². The molecule has 2 rings (SSSR count). The van der Waals surface area contributed by atoms with E-state index < -0.39 is 5.82 Å². The molecule has 112 valence electrons. The number of hydrogen-bond donors (Lipinski definition) is 1. The highest BCUT2D eigenvalue weighted by Gasteiger charge is 2.23. The fourth-order valence-electron chi connectivity index (χ4n) is 2.34. The Morgan fingerprint density at radius 3 is 2.81 bits per heavy atom. The molecule has 0 aliphatic heterocycles. The average Bonchev–Trinajstić information content (AvgIpc) is 2.42. The van der Waals surface area contributed by atoms with Crippen molar-refractivity contribution in [2.45, 2.75) is 25.7 Å². The van der Waals surface area contributed by atoms with Gasteiger partial charge in [-0.3, -0.25) is 4.79 Å². The van der Waals surface area contributed by atoms with Crippen LogP contribution < -0.4 is 0 Å². The molecule has 1 fully saturated rings. The summed E-state index contributed by atoms with van der Waals surface area (Å²) in [5, 5.41) is 8.65. The van der Waals surface area contributed by atoms with Crippen molar-refractivity contribution in [2.24, 2.45) is 5.92 Å². The molecule has 0 unspecified atom stereocenters. The van der Waals surface area contributed by atoms with E-state index in [1.807, 2.05) is 0 Å². The van der Waals surface area contributed by atoms with Crippen LogP contribution in [0.25, 0.3) is 0 Å². The third kappa shape index (κ3) is 4.05. The molecule has 3 nitrogen and oxygen atoms in total. The van der Waals surface area contributed by atoms with Crippen LogP contribution in [-0.4, -0.2) is 36.1 Å². The highest BCUT2D eigenvalue weighted by atomic mass is 19.1. The maximum atomic E-state index is 14.0. The van der Waals surface area contributed by atoms with Gasteiger partial charge in [0.1, 0.15) is 5.82 Å². The Labute approximate surface area is 124 Å². The van der Waals surface area contributed by atoms with Crippen molar-refractivity contribution in [1.29, 1.82) is 0 Å². The standard InChI is InChI=1S/C17H20FNO2/c1-19(12-14-6-4-7-14)17(21)15-9-8-13(11-16(15)18)5-2-3-10-20/h8-9,11,14,20H,3-4,6-7,10,12H2,1H3. The summed E-state index contributed by atoms with van der Waals surface area (Å²) >= 11 is 0. The van der Waals surface area contributed by atoms with Crippen molar-refractivity contribution in [2.75, 3.05) is 20.2 Å². The molecule has 1 aromatic carbocycles. The summed E-state index contributed by atoms with van der Waals surface area (Å²) in [6.45, 7) is 0.675. The highest BCUT2D eigenvalue weighted by molar-refractivity contribution is 5.94. The number of aliphatic hydroxyl groups excluding tert-OH is 1. The summed E-state index contributed by atoms with van der Waals surface area (Å²) in [5.41, 5.74) is 0.601. The van der Waals surface area contributed by atoms with E-state index in [1.165, 1.54) is 18.6 Å². The zero-order valence-electron chi connectivity index (χ0n) is 12.2. The largest absolute Gasteiger partial charge is 0.395 e. The first kappa shape index (κ1) is 15.5. The van der Waals surface area contributed by atoms with Gasteiger partial charge in [-0.2, -0.15) is 0 Å². The summed E-state index contributed by atoms with van der Waals surface area (Å²) in [6.07, 6.45) is 3.88. The van der Waals surface area contributed by atoms with E-state index in [0.717, 1.165) is 12.8 Å². The van der Waals surface area contributed by atoms with Crippen LogP contribution in [0.2, 0.25) is 0 Å². The minimum absolute atomic E-state index is 0.0159. The third-order valence-corrected chi connectivity index (χ3v) is 3.77. The molecular weight excluding hydrogens is 269 g/mol. The highest BCUT2D eigenvalue weighted by Crippen LogP contribution is 2.27. The SMILES string of the molecule is CN(CC1CCC1)C(=O)c1ccc(C#CCCO)cc1F. The number of aliphatic hydroxyl groups is 1. The Morgan fingerprint density at radius 2 is 2.24 bits per heavy atom. The van der Waals surface area contributed by atoms with Crippen LogP contribution in [0, 0.1) is 23.6 Å². The molecule has 0 saturated heterocycles. The minimum atomic E-state index is -0.545. The van der Waals surface area contributed by atoms with E-state index in [2.05, 4.69) is 11.8 Å². The molecule has 0 heterocycles. The van der Waals surface area contributed by atoms with Crippen LogP contribution in [0.15, 0.2) is 18.2 Å². The number of nitrogens with zero attached hydrogens (tertiary/aromatic N) is 1. The molecule has 1 N–H and O–H groups in total. The van der Waals surface area contributed by atoms with E-state index in [9.17, 15) is 9.18 Å². The first-order valence-corrected chi connectivity index (χ1v) is 7.26. The van der Waals surface area contributed by atoms with Crippen molar-refractivity contribution < 1.29 is 14.3 Å². The Balaban J connectivity index is 2.05. The van der Waals surface area contributed by atoms with Crippen molar-refractivity contribution in [3.05, 3.63) is 35.1 Å². The molecule has 0 atom stereocenters. The van der Waals surface area contributed by atoms with Crippen molar-refractivity contribution in [3.63, 3.8) is 0 Å². The summed E-state index contributed by atoms with van der Waals surface area (Å²) < 4.78 is 14.0. The number of rotatable bonds is 4. The normalized spacial score (nSPS) is 14.0. The molecule has 0 bridgehead atoms. The minimum Gasteiger partial charge on any atom is -0.395 e. The van der Waals surface area contributed by atoms with Crippen LogP contribution in [0.1, 0.15) is 41.6 Å². The first-order chi connectivity index (χ1) is 10.1. The number of halogens is 1. The quantitative estimate of drug-likeness (QED) is 0.865. The van der Waals surface area contributed by atoms with Crippen LogP contribution in [0.3, 0.4) is 0 Å². The topological polar surface area (TPSA) is 40.5 Å². The van der Waals surface area contributed by atoms with Gasteiger partial charge in [0.25, 0.3) is 5.91 Å². The predicted octanol–water partition coefficient (Wildman–Crippen LogP) is 2.43. The van der Waals surface area contributed by atoms with Crippen LogP contribution in [0.5, 0.6) is 0 Å². The fourth-order valence-corrected chi connectivity index (χ4v) is 2.34. The van der Waals surface area contributed by atoms with Crippen molar-refractivity contribution in [1.82, 2.24) is 4.90 Å². The second-order valence-electron chi connectivity index (χ2n) is 5.45. The Morgan fingerprint density at radius 1 is 1.48 bits per heavy atom. The Bertz CT molecular complexity index is 570. The molecule has 4 heteroatoms. The third-order valence-electron chi connectivity index (χ3n) is 3.77. The van der Waals surface area contributed by atoms with E-state index in [1.54, 1.807) is 18.0 Å². The second kappa shape index (κ2) is 7.24. The number of carbonyl (C=O) groups excluding carboxylic acids is 1. The van der Waals surface area contributed by atoms with E-state index in [-0.39, 0.29) is 18.1 Å². The molecule has 1 aliphatic carbocycles. The van der Waals surface area contributed by atoms with E-state index in [4.69, 9.17) is 5.11 Å². The second-order valence-corrected chi connectivity index (χ2v) is 5.45. The summed E-state index contributed by atoms with van der Waals surface area (Å²) in [5.74, 6) is 5.22. The van der Waals surface area contributed by atoms with Gasteiger partial charge in [-0.05, 0) is 37.0 Å². The van der Waals surface area contributed by atoms with Gasteiger partial charge in [0.2, 0.25) is 0 Å². The zero-order valence-corrected chi connectivity index (χ0v) is 12.2. The van der Waals surface area contributed by atoms with Crippen LogP contribution in [0.4, 0.5) is 4.39 Å². The number of carbonyl (C=O) groups is 1. The molecule has 1 saturated carbocycles. The van der Waals surface area contributed by atoms with E-state index in [0.29, 0.717) is 24.4 Å². The van der Waals surface area contributed by atoms with Gasteiger partial charge in [-0.15, -0.1) is 0 Å². The average molecular weight is 289 g/mol. The van der Waals surface area contributed by atoms with Crippen molar-refractivity contribution in [3.8, 4) is 11.8 Å². The molecule has 0 spiro atoms. The Hall–Kier alpha value is -1.86. The predicted molar refractivity (Wildman–Crippen MR) is 79.3 cm³/mol. The summed E-state index contributed by atoms with van der Waals surface area (Å²) in [4.78, 5) is 13.8. The molecule has 1 aromatic rings. The lowest BCUT2D eigenvalue weighted by Crippen LogP contribution is -2.34. The Kier molecular flexibility index (Phi) is 5.35. The smallest absolute Gasteiger partial charge is 0.256 e. The van der Waals surface area contributed by atoms with Crippen molar-refractivity contribution >= 4 is 5.91 Å². The van der Waals surface area contributed by atoms with Gasteiger partial charge in [0, 0.05) is 25.6 Å². The lowest BCUT2D eigenvalue weighted by Gasteiger charge is -2.30.